The molecule has 0 aromatic carbocycles. The summed E-state index contributed by atoms with van der Waals surface area (Å²) in [6.07, 6.45) is -1.40. The summed E-state index contributed by atoms with van der Waals surface area (Å²) in [5.41, 5.74) is 5.80. The van der Waals surface area contributed by atoms with Crippen molar-refractivity contribution >= 4 is 5.97 Å². The van der Waals surface area contributed by atoms with Gasteiger partial charge < -0.3 is 24.7 Å². The first-order valence-electron chi connectivity index (χ1n) is 8.53. The van der Waals surface area contributed by atoms with E-state index < -0.39 is 18.1 Å². The first kappa shape index (κ1) is 20.4. The normalized spacial score (nSPS) is 33.3. The van der Waals surface area contributed by atoms with Crippen molar-refractivity contribution in [2.24, 2.45) is 17.6 Å². The van der Waals surface area contributed by atoms with Gasteiger partial charge in [0.15, 0.2) is 0 Å². The Kier molecular flexibility index (Phi) is 8.47. The topological polar surface area (TPSA) is 80.0 Å². The number of rotatable bonds is 6. The standard InChI is InChI=1S/C17H33NO5/c1-10(2)7-21-15-12(5)20-9-14(18)17(19)23-13(6)16(15)22-8-11(3)4/h10-16H,7-9,18H2,1-6H3. The number of hydrogen-bond acceptors (Lipinski definition) is 6. The van der Waals surface area contributed by atoms with Gasteiger partial charge in [0.1, 0.15) is 24.4 Å². The Hall–Kier alpha value is -0.690. The van der Waals surface area contributed by atoms with Crippen molar-refractivity contribution in [1.29, 1.82) is 0 Å². The van der Waals surface area contributed by atoms with Crippen LogP contribution in [0.4, 0.5) is 0 Å². The molecular formula is C17H33NO5. The zero-order valence-electron chi connectivity index (χ0n) is 15.3. The molecule has 0 radical (unpaired) electrons. The molecule has 2 N–H and O–H groups in total. The first-order valence-corrected chi connectivity index (χ1v) is 8.53. The summed E-state index contributed by atoms with van der Waals surface area (Å²) in [6, 6.07) is -0.783. The highest BCUT2D eigenvalue weighted by atomic mass is 16.6. The van der Waals surface area contributed by atoms with Gasteiger partial charge in [0.25, 0.3) is 0 Å². The van der Waals surface area contributed by atoms with Gasteiger partial charge in [0.05, 0.1) is 12.7 Å². The van der Waals surface area contributed by atoms with Crippen LogP contribution in [0.15, 0.2) is 0 Å². The van der Waals surface area contributed by atoms with Crippen LogP contribution < -0.4 is 5.73 Å². The average molecular weight is 331 g/mol. The van der Waals surface area contributed by atoms with Crippen LogP contribution in [0.1, 0.15) is 41.5 Å². The van der Waals surface area contributed by atoms with Gasteiger partial charge in [-0.15, -0.1) is 0 Å². The molecule has 1 aliphatic rings. The van der Waals surface area contributed by atoms with E-state index in [1.54, 1.807) is 0 Å². The summed E-state index contributed by atoms with van der Waals surface area (Å²) in [6.45, 7) is 13.3. The van der Waals surface area contributed by atoms with Crippen molar-refractivity contribution in [2.75, 3.05) is 19.8 Å². The predicted octanol–water partition coefficient (Wildman–Crippen LogP) is 1.75. The minimum Gasteiger partial charge on any atom is -0.459 e. The van der Waals surface area contributed by atoms with E-state index in [9.17, 15) is 4.79 Å². The highest BCUT2D eigenvalue weighted by molar-refractivity contribution is 5.75. The van der Waals surface area contributed by atoms with Crippen molar-refractivity contribution in [3.05, 3.63) is 0 Å². The van der Waals surface area contributed by atoms with Crippen LogP contribution in [0.25, 0.3) is 0 Å². The van der Waals surface area contributed by atoms with E-state index in [2.05, 4.69) is 27.7 Å². The maximum Gasteiger partial charge on any atom is 0.325 e. The van der Waals surface area contributed by atoms with E-state index in [1.807, 2.05) is 13.8 Å². The Balaban J connectivity index is 2.95. The molecule has 136 valence electrons. The first-order chi connectivity index (χ1) is 10.7. The van der Waals surface area contributed by atoms with Crippen molar-refractivity contribution in [3.63, 3.8) is 0 Å². The molecule has 6 nitrogen and oxygen atoms in total. The highest BCUT2D eigenvalue weighted by Crippen LogP contribution is 2.21. The predicted molar refractivity (Wildman–Crippen MR) is 88.1 cm³/mol. The number of carbonyl (C=O) groups is 1. The van der Waals surface area contributed by atoms with Crippen LogP contribution in [0.3, 0.4) is 0 Å². The third-order valence-electron chi connectivity index (χ3n) is 3.64. The van der Waals surface area contributed by atoms with Crippen LogP contribution >= 0.6 is 0 Å². The summed E-state index contributed by atoms with van der Waals surface area (Å²) < 4.78 is 23.3. The van der Waals surface area contributed by atoms with E-state index in [0.717, 1.165) is 0 Å². The minimum atomic E-state index is -0.783. The smallest absolute Gasteiger partial charge is 0.325 e. The largest absolute Gasteiger partial charge is 0.459 e. The Bertz CT molecular complexity index is 361. The van der Waals surface area contributed by atoms with Gasteiger partial charge in [-0.1, -0.05) is 27.7 Å². The number of hydrogen-bond donors (Lipinski definition) is 1. The fourth-order valence-electron chi connectivity index (χ4n) is 2.36. The summed E-state index contributed by atoms with van der Waals surface area (Å²) in [5.74, 6) is 0.294. The number of cyclic esters (lactones) is 1. The molecule has 1 aliphatic heterocycles. The zero-order valence-corrected chi connectivity index (χ0v) is 15.3. The van der Waals surface area contributed by atoms with E-state index >= 15 is 0 Å². The number of carbonyl (C=O) groups excluding carboxylic acids is 1. The number of nitrogens with two attached hydrogens (primary N) is 1. The molecule has 23 heavy (non-hydrogen) atoms. The fraction of sp³-hybridized carbons (Fsp3) is 0.941. The van der Waals surface area contributed by atoms with Gasteiger partial charge in [-0.2, -0.15) is 0 Å². The molecule has 5 atom stereocenters. The van der Waals surface area contributed by atoms with Crippen LogP contribution in [0.2, 0.25) is 0 Å². The van der Waals surface area contributed by atoms with Gasteiger partial charge >= 0.3 is 5.97 Å². The van der Waals surface area contributed by atoms with Gasteiger partial charge in [0, 0.05) is 13.2 Å². The Morgan fingerprint density at radius 3 is 2.00 bits per heavy atom. The molecule has 6 heteroatoms. The zero-order chi connectivity index (χ0) is 17.6. The van der Waals surface area contributed by atoms with Crippen molar-refractivity contribution in [3.8, 4) is 0 Å². The summed E-state index contributed by atoms with van der Waals surface area (Å²) in [7, 11) is 0. The van der Waals surface area contributed by atoms with Crippen molar-refractivity contribution in [1.82, 2.24) is 0 Å². The third-order valence-corrected chi connectivity index (χ3v) is 3.64. The molecule has 1 heterocycles. The fourth-order valence-corrected chi connectivity index (χ4v) is 2.36. The van der Waals surface area contributed by atoms with E-state index in [0.29, 0.717) is 25.0 Å². The Labute approximate surface area is 140 Å². The molecule has 0 amide bonds. The summed E-state index contributed by atoms with van der Waals surface area (Å²) in [5, 5.41) is 0. The van der Waals surface area contributed by atoms with E-state index in [-0.39, 0.29) is 24.9 Å². The van der Waals surface area contributed by atoms with Crippen LogP contribution in [-0.4, -0.2) is 56.2 Å². The lowest BCUT2D eigenvalue weighted by Crippen LogP contribution is -2.48. The molecule has 0 aromatic rings. The van der Waals surface area contributed by atoms with Crippen molar-refractivity contribution in [2.45, 2.75) is 72.0 Å². The molecule has 0 aliphatic carbocycles. The number of esters is 1. The van der Waals surface area contributed by atoms with E-state index in [4.69, 9.17) is 24.7 Å². The molecule has 0 saturated carbocycles. The lowest BCUT2D eigenvalue weighted by Gasteiger charge is -2.34. The monoisotopic (exact) mass is 331 g/mol. The maximum atomic E-state index is 12.0. The maximum absolute atomic E-state index is 12.0. The van der Waals surface area contributed by atoms with E-state index in [1.165, 1.54) is 0 Å². The quantitative estimate of drug-likeness (QED) is 0.747. The molecule has 1 saturated heterocycles. The lowest BCUT2D eigenvalue weighted by atomic mass is 10.0. The second-order valence-corrected chi connectivity index (χ2v) is 7.17. The highest BCUT2D eigenvalue weighted by Gasteiger charge is 2.38. The number of ether oxygens (including phenoxy) is 4. The Morgan fingerprint density at radius 2 is 1.52 bits per heavy atom. The van der Waals surface area contributed by atoms with Gasteiger partial charge in [0.2, 0.25) is 0 Å². The Morgan fingerprint density at radius 1 is 1.04 bits per heavy atom. The van der Waals surface area contributed by atoms with Gasteiger partial charge in [-0.3, -0.25) is 4.79 Å². The lowest BCUT2D eigenvalue weighted by molar-refractivity contribution is -0.177. The second kappa shape index (κ2) is 9.57. The summed E-state index contributed by atoms with van der Waals surface area (Å²) in [4.78, 5) is 12.0. The molecule has 0 spiro atoms. The average Bonchev–Trinajstić information content (AvgIpc) is 2.49. The van der Waals surface area contributed by atoms with Gasteiger partial charge in [-0.25, -0.2) is 0 Å². The van der Waals surface area contributed by atoms with Crippen LogP contribution in [-0.2, 0) is 23.7 Å². The second-order valence-electron chi connectivity index (χ2n) is 7.17. The molecule has 0 bridgehead atoms. The molecule has 1 rings (SSSR count). The third kappa shape index (κ3) is 6.75. The minimum absolute atomic E-state index is 0.116. The molecule has 0 aromatic heterocycles. The molecule has 5 unspecified atom stereocenters. The SMILES string of the molecule is CC(C)COC1C(C)OCC(N)C(=O)OC(C)C1OCC(C)C. The van der Waals surface area contributed by atoms with Gasteiger partial charge in [-0.05, 0) is 25.7 Å². The van der Waals surface area contributed by atoms with Crippen molar-refractivity contribution < 1.29 is 23.7 Å². The van der Waals surface area contributed by atoms with Crippen LogP contribution in [0, 0.1) is 11.8 Å². The molecule has 1 fully saturated rings. The summed E-state index contributed by atoms with van der Waals surface area (Å²) >= 11 is 0. The molecular weight excluding hydrogens is 298 g/mol. The van der Waals surface area contributed by atoms with Crippen LogP contribution in [0.5, 0.6) is 0 Å².